The molecule has 0 radical (unpaired) electrons. The normalized spacial score (nSPS) is 15.6. The van der Waals surface area contributed by atoms with E-state index in [4.69, 9.17) is 0 Å². The summed E-state index contributed by atoms with van der Waals surface area (Å²) in [6.45, 7) is 1.93. The van der Waals surface area contributed by atoms with Crippen LogP contribution in [-0.2, 0) is 11.8 Å². The maximum Gasteiger partial charge on any atom is 0.254 e. The number of halogens is 1. The summed E-state index contributed by atoms with van der Waals surface area (Å²) in [4.78, 5) is 26.4. The van der Waals surface area contributed by atoms with Gasteiger partial charge in [0.05, 0.1) is 18.3 Å². The Balaban J connectivity index is 1.41. The van der Waals surface area contributed by atoms with E-state index in [1.807, 2.05) is 24.3 Å². The molecule has 0 aliphatic carbocycles. The van der Waals surface area contributed by atoms with E-state index in [1.54, 1.807) is 24.1 Å². The van der Waals surface area contributed by atoms with Crippen molar-refractivity contribution in [3.63, 3.8) is 0 Å². The first-order valence-electron chi connectivity index (χ1n) is 8.57. The lowest BCUT2D eigenvalue weighted by Gasteiger charge is -2.31. The number of rotatable bonds is 5. The maximum absolute atomic E-state index is 12.2. The third kappa shape index (κ3) is 5.15. The summed E-state index contributed by atoms with van der Waals surface area (Å²) in [6, 6.07) is 7.65. The predicted octanol–water partition coefficient (Wildman–Crippen LogP) is 2.02. The fraction of sp³-hybridized carbons (Fsp3) is 0.389. The van der Waals surface area contributed by atoms with E-state index in [1.165, 1.54) is 0 Å². The molecule has 138 valence electrons. The number of aryl methyl sites for hydroxylation is 1. The minimum Gasteiger partial charge on any atom is -0.349 e. The van der Waals surface area contributed by atoms with Crippen LogP contribution < -0.4 is 10.6 Å². The first kappa shape index (κ1) is 18.6. The molecule has 0 bridgehead atoms. The van der Waals surface area contributed by atoms with Gasteiger partial charge < -0.3 is 10.6 Å². The Labute approximate surface area is 160 Å². The monoisotopic (exact) mass is 419 g/mol. The summed E-state index contributed by atoms with van der Waals surface area (Å²) >= 11 is 3.37. The van der Waals surface area contributed by atoms with E-state index in [9.17, 15) is 9.59 Å². The lowest BCUT2D eigenvalue weighted by atomic mass is 10.0. The molecule has 7 nitrogen and oxygen atoms in total. The lowest BCUT2D eigenvalue weighted by molar-refractivity contribution is -0.117. The van der Waals surface area contributed by atoms with Crippen molar-refractivity contribution in [2.45, 2.75) is 18.9 Å². The van der Waals surface area contributed by atoms with Crippen LogP contribution in [0.15, 0.2) is 41.1 Å². The van der Waals surface area contributed by atoms with Gasteiger partial charge in [-0.1, -0.05) is 15.9 Å². The quantitative estimate of drug-likeness (QED) is 0.776. The maximum atomic E-state index is 12.2. The lowest BCUT2D eigenvalue weighted by Crippen LogP contribution is -2.46. The van der Waals surface area contributed by atoms with Crippen LogP contribution in [0.5, 0.6) is 0 Å². The van der Waals surface area contributed by atoms with Crippen molar-refractivity contribution >= 4 is 33.4 Å². The number of anilines is 1. The first-order valence-corrected chi connectivity index (χ1v) is 9.36. The molecule has 2 amide bonds. The van der Waals surface area contributed by atoms with E-state index >= 15 is 0 Å². The second-order valence-electron chi connectivity index (χ2n) is 6.48. The number of carbonyl (C=O) groups is 2. The van der Waals surface area contributed by atoms with Crippen LogP contribution in [-0.4, -0.2) is 52.2 Å². The fourth-order valence-electron chi connectivity index (χ4n) is 2.98. The molecular weight excluding hydrogens is 398 g/mol. The van der Waals surface area contributed by atoms with Crippen LogP contribution >= 0.6 is 15.9 Å². The average Bonchev–Trinajstić information content (AvgIpc) is 3.05. The van der Waals surface area contributed by atoms with Gasteiger partial charge in [0.25, 0.3) is 5.91 Å². The summed E-state index contributed by atoms with van der Waals surface area (Å²) in [5.74, 6) is -0.116. The Morgan fingerprint density at radius 2 is 1.92 bits per heavy atom. The van der Waals surface area contributed by atoms with E-state index in [0.717, 1.165) is 36.1 Å². The molecule has 0 saturated carbocycles. The molecule has 1 saturated heterocycles. The van der Waals surface area contributed by atoms with Crippen molar-refractivity contribution in [1.29, 1.82) is 0 Å². The molecule has 1 aromatic carbocycles. The smallest absolute Gasteiger partial charge is 0.254 e. The van der Waals surface area contributed by atoms with Gasteiger partial charge in [-0.15, -0.1) is 0 Å². The van der Waals surface area contributed by atoms with Crippen LogP contribution in [0.4, 0.5) is 5.69 Å². The molecule has 1 aliphatic rings. The van der Waals surface area contributed by atoms with Crippen molar-refractivity contribution in [2.75, 3.05) is 25.0 Å². The zero-order valence-electron chi connectivity index (χ0n) is 14.6. The highest BCUT2D eigenvalue weighted by Crippen LogP contribution is 2.15. The van der Waals surface area contributed by atoms with E-state index in [2.05, 4.69) is 36.6 Å². The zero-order chi connectivity index (χ0) is 18.5. The van der Waals surface area contributed by atoms with Gasteiger partial charge in [0.15, 0.2) is 0 Å². The molecule has 2 heterocycles. The molecule has 26 heavy (non-hydrogen) atoms. The number of amides is 2. The van der Waals surface area contributed by atoms with Crippen molar-refractivity contribution in [1.82, 2.24) is 20.0 Å². The number of aromatic nitrogens is 2. The predicted molar refractivity (Wildman–Crippen MR) is 103 cm³/mol. The summed E-state index contributed by atoms with van der Waals surface area (Å²) in [5.41, 5.74) is 1.36. The van der Waals surface area contributed by atoms with Gasteiger partial charge in [0, 0.05) is 42.5 Å². The third-order valence-corrected chi connectivity index (χ3v) is 4.91. The molecule has 2 aromatic rings. The SMILES string of the molecule is Cn1cc(C(=O)NC2CCN(CC(=O)Nc3ccc(Br)cc3)CC2)cn1. The molecule has 2 N–H and O–H groups in total. The summed E-state index contributed by atoms with van der Waals surface area (Å²) in [6.07, 6.45) is 4.93. The second kappa shape index (κ2) is 8.46. The number of hydrogen-bond acceptors (Lipinski definition) is 4. The second-order valence-corrected chi connectivity index (χ2v) is 7.40. The Hall–Kier alpha value is -2.19. The third-order valence-electron chi connectivity index (χ3n) is 4.39. The van der Waals surface area contributed by atoms with E-state index in [-0.39, 0.29) is 17.9 Å². The van der Waals surface area contributed by atoms with Crippen molar-refractivity contribution < 1.29 is 9.59 Å². The van der Waals surface area contributed by atoms with Crippen molar-refractivity contribution in [3.8, 4) is 0 Å². The molecule has 1 fully saturated rings. The summed E-state index contributed by atoms with van der Waals surface area (Å²) in [5, 5.41) is 9.96. The number of nitrogens with one attached hydrogen (secondary N) is 2. The number of carbonyl (C=O) groups excluding carboxylic acids is 2. The minimum absolute atomic E-state index is 0.0230. The van der Waals surface area contributed by atoms with Gasteiger partial charge in [-0.3, -0.25) is 19.2 Å². The minimum atomic E-state index is -0.0930. The Kier molecular flexibility index (Phi) is 6.05. The summed E-state index contributed by atoms with van der Waals surface area (Å²) in [7, 11) is 1.79. The molecule has 3 rings (SSSR count). The molecule has 1 aromatic heterocycles. The van der Waals surface area contributed by atoms with Crippen LogP contribution in [0.2, 0.25) is 0 Å². The largest absolute Gasteiger partial charge is 0.349 e. The van der Waals surface area contributed by atoms with E-state index < -0.39 is 0 Å². The molecule has 1 aliphatic heterocycles. The van der Waals surface area contributed by atoms with Gasteiger partial charge in [-0.25, -0.2) is 0 Å². The zero-order valence-corrected chi connectivity index (χ0v) is 16.2. The van der Waals surface area contributed by atoms with Crippen LogP contribution in [0, 0.1) is 0 Å². The molecule has 0 spiro atoms. The molecular formula is C18H22BrN5O2. The van der Waals surface area contributed by atoms with Gasteiger partial charge >= 0.3 is 0 Å². The highest BCUT2D eigenvalue weighted by atomic mass is 79.9. The van der Waals surface area contributed by atoms with Crippen LogP contribution in [0.3, 0.4) is 0 Å². The van der Waals surface area contributed by atoms with Gasteiger partial charge in [0.1, 0.15) is 0 Å². The molecule has 8 heteroatoms. The Bertz CT molecular complexity index is 766. The Morgan fingerprint density at radius 3 is 2.54 bits per heavy atom. The standard InChI is InChI=1S/C18H22BrN5O2/c1-23-11-13(10-20-23)18(26)22-16-6-8-24(9-7-16)12-17(25)21-15-4-2-14(19)3-5-15/h2-5,10-11,16H,6-9,12H2,1H3,(H,21,25)(H,22,26). The van der Waals surface area contributed by atoms with Crippen molar-refractivity contribution in [2.24, 2.45) is 7.05 Å². The van der Waals surface area contributed by atoms with Crippen molar-refractivity contribution in [3.05, 3.63) is 46.7 Å². The molecule has 0 atom stereocenters. The molecule has 0 unspecified atom stereocenters. The highest BCUT2D eigenvalue weighted by Gasteiger charge is 2.22. The number of hydrogen-bond donors (Lipinski definition) is 2. The Morgan fingerprint density at radius 1 is 1.23 bits per heavy atom. The first-order chi connectivity index (χ1) is 12.5. The van der Waals surface area contributed by atoms with Gasteiger partial charge in [0.2, 0.25) is 5.91 Å². The summed E-state index contributed by atoms with van der Waals surface area (Å²) < 4.78 is 2.59. The number of nitrogens with zero attached hydrogens (tertiary/aromatic N) is 3. The topological polar surface area (TPSA) is 79.3 Å². The average molecular weight is 420 g/mol. The highest BCUT2D eigenvalue weighted by molar-refractivity contribution is 9.10. The van der Waals surface area contributed by atoms with Crippen LogP contribution in [0.1, 0.15) is 23.2 Å². The van der Waals surface area contributed by atoms with E-state index in [0.29, 0.717) is 12.1 Å². The number of likely N-dealkylation sites (tertiary alicyclic amines) is 1. The number of piperidine rings is 1. The van der Waals surface area contributed by atoms with Gasteiger partial charge in [-0.2, -0.15) is 5.10 Å². The van der Waals surface area contributed by atoms with Crippen LogP contribution in [0.25, 0.3) is 0 Å². The fourth-order valence-corrected chi connectivity index (χ4v) is 3.24. The number of benzene rings is 1. The van der Waals surface area contributed by atoms with Gasteiger partial charge in [-0.05, 0) is 37.1 Å².